The van der Waals surface area contributed by atoms with Gasteiger partial charge in [0.1, 0.15) is 0 Å². The van der Waals surface area contributed by atoms with Crippen LogP contribution >= 0.6 is 0 Å². The van der Waals surface area contributed by atoms with Crippen LogP contribution in [0.1, 0.15) is 27.2 Å². The minimum Gasteiger partial charge on any atom is -0.462 e. The minimum absolute atomic E-state index is 0.0820. The van der Waals surface area contributed by atoms with Gasteiger partial charge in [-0.2, -0.15) is 0 Å². The molecule has 0 saturated heterocycles. The second kappa shape index (κ2) is 4.16. The van der Waals surface area contributed by atoms with Crippen molar-refractivity contribution >= 4 is 5.97 Å². The van der Waals surface area contributed by atoms with Gasteiger partial charge in [-0.05, 0) is 11.8 Å². The Hall–Kier alpha value is -0.790. The standard InChI is InChI=1S/C9H16O2/c1-5-8(10)11-7-9(3,4)6-2/h5H,1,6-7H2,2-4H3. The van der Waals surface area contributed by atoms with Crippen molar-refractivity contribution in [1.82, 2.24) is 0 Å². The van der Waals surface area contributed by atoms with Gasteiger partial charge in [-0.15, -0.1) is 0 Å². The van der Waals surface area contributed by atoms with Gasteiger partial charge in [0.25, 0.3) is 0 Å². The SMILES string of the molecule is C=CC(=O)OCC(C)(C)CC. The molecule has 0 radical (unpaired) electrons. The maximum atomic E-state index is 10.6. The van der Waals surface area contributed by atoms with E-state index < -0.39 is 0 Å². The number of esters is 1. The Morgan fingerprint density at radius 2 is 2.18 bits per heavy atom. The van der Waals surface area contributed by atoms with Crippen LogP contribution in [0.4, 0.5) is 0 Å². The van der Waals surface area contributed by atoms with Gasteiger partial charge < -0.3 is 4.74 Å². The first-order valence-electron chi connectivity index (χ1n) is 3.81. The van der Waals surface area contributed by atoms with Crippen LogP contribution in [0, 0.1) is 5.41 Å². The molecule has 0 heterocycles. The van der Waals surface area contributed by atoms with E-state index in [2.05, 4.69) is 27.4 Å². The molecule has 0 unspecified atom stereocenters. The summed E-state index contributed by atoms with van der Waals surface area (Å²) in [5.41, 5.74) is 0.0820. The van der Waals surface area contributed by atoms with Crippen LogP contribution in [-0.4, -0.2) is 12.6 Å². The second-order valence-electron chi connectivity index (χ2n) is 3.33. The van der Waals surface area contributed by atoms with E-state index in [1.54, 1.807) is 0 Å². The number of hydrogen-bond acceptors (Lipinski definition) is 2. The molecular formula is C9H16O2. The fourth-order valence-corrected chi connectivity index (χ4v) is 0.427. The van der Waals surface area contributed by atoms with Crippen LogP contribution in [0.15, 0.2) is 12.7 Å². The van der Waals surface area contributed by atoms with Crippen molar-refractivity contribution in [2.45, 2.75) is 27.2 Å². The maximum Gasteiger partial charge on any atom is 0.330 e. The topological polar surface area (TPSA) is 26.3 Å². The Kier molecular flexibility index (Phi) is 3.86. The van der Waals surface area contributed by atoms with Crippen LogP contribution in [0.25, 0.3) is 0 Å². The molecule has 0 aromatic rings. The maximum absolute atomic E-state index is 10.6. The van der Waals surface area contributed by atoms with Crippen molar-refractivity contribution in [3.8, 4) is 0 Å². The zero-order valence-electron chi connectivity index (χ0n) is 7.52. The Bertz CT molecular complexity index is 148. The van der Waals surface area contributed by atoms with E-state index in [0.717, 1.165) is 6.42 Å². The third-order valence-corrected chi connectivity index (χ3v) is 1.73. The van der Waals surface area contributed by atoms with E-state index in [4.69, 9.17) is 4.74 Å². The molecule has 0 fully saturated rings. The Morgan fingerprint density at radius 3 is 2.55 bits per heavy atom. The molecule has 0 aliphatic rings. The molecule has 0 rings (SSSR count). The lowest BCUT2D eigenvalue weighted by Crippen LogP contribution is -2.19. The summed E-state index contributed by atoms with van der Waals surface area (Å²) in [5, 5.41) is 0. The van der Waals surface area contributed by atoms with E-state index >= 15 is 0 Å². The van der Waals surface area contributed by atoms with Gasteiger partial charge in [-0.3, -0.25) is 0 Å². The molecule has 0 bridgehead atoms. The first kappa shape index (κ1) is 10.2. The molecule has 0 saturated carbocycles. The van der Waals surface area contributed by atoms with Gasteiger partial charge in [0, 0.05) is 6.08 Å². The molecule has 0 aliphatic heterocycles. The fraction of sp³-hybridized carbons (Fsp3) is 0.667. The normalized spacial score (nSPS) is 10.8. The molecule has 64 valence electrons. The van der Waals surface area contributed by atoms with Gasteiger partial charge in [0.05, 0.1) is 6.61 Å². The summed E-state index contributed by atoms with van der Waals surface area (Å²) >= 11 is 0. The van der Waals surface area contributed by atoms with Crippen LogP contribution in [0.5, 0.6) is 0 Å². The highest BCUT2D eigenvalue weighted by Crippen LogP contribution is 2.19. The van der Waals surface area contributed by atoms with Crippen molar-refractivity contribution in [3.63, 3.8) is 0 Å². The van der Waals surface area contributed by atoms with Crippen molar-refractivity contribution in [2.75, 3.05) is 6.61 Å². The predicted octanol–water partition coefficient (Wildman–Crippen LogP) is 2.15. The highest BCUT2D eigenvalue weighted by atomic mass is 16.5. The van der Waals surface area contributed by atoms with E-state index in [0.29, 0.717) is 6.61 Å². The molecule has 0 aromatic heterocycles. The zero-order chi connectivity index (χ0) is 8.91. The molecule has 0 aliphatic carbocycles. The quantitative estimate of drug-likeness (QED) is 0.460. The molecule has 0 N–H and O–H groups in total. The minimum atomic E-state index is -0.341. The van der Waals surface area contributed by atoms with Crippen molar-refractivity contribution < 1.29 is 9.53 Å². The average molecular weight is 156 g/mol. The Morgan fingerprint density at radius 1 is 1.64 bits per heavy atom. The molecular weight excluding hydrogens is 140 g/mol. The predicted molar refractivity (Wildman–Crippen MR) is 45.2 cm³/mol. The van der Waals surface area contributed by atoms with Gasteiger partial charge in [0.2, 0.25) is 0 Å². The zero-order valence-corrected chi connectivity index (χ0v) is 7.52. The number of rotatable bonds is 4. The number of carbonyl (C=O) groups is 1. The van der Waals surface area contributed by atoms with Gasteiger partial charge in [-0.25, -0.2) is 4.79 Å². The van der Waals surface area contributed by atoms with Crippen molar-refractivity contribution in [1.29, 1.82) is 0 Å². The van der Waals surface area contributed by atoms with Gasteiger partial charge in [0.15, 0.2) is 0 Å². The number of hydrogen-bond donors (Lipinski definition) is 0. The van der Waals surface area contributed by atoms with Crippen LogP contribution in [0.2, 0.25) is 0 Å². The van der Waals surface area contributed by atoms with Crippen molar-refractivity contribution in [3.05, 3.63) is 12.7 Å². The fourth-order valence-electron chi connectivity index (χ4n) is 0.427. The van der Waals surface area contributed by atoms with Crippen LogP contribution < -0.4 is 0 Å². The summed E-state index contributed by atoms with van der Waals surface area (Å²) in [6.07, 6.45) is 2.18. The summed E-state index contributed by atoms with van der Waals surface area (Å²) in [5.74, 6) is -0.341. The number of carbonyl (C=O) groups excluding carboxylic acids is 1. The molecule has 0 aromatic carbocycles. The number of ether oxygens (including phenoxy) is 1. The van der Waals surface area contributed by atoms with Crippen LogP contribution in [-0.2, 0) is 9.53 Å². The Balaban J connectivity index is 3.69. The molecule has 2 heteroatoms. The summed E-state index contributed by atoms with van der Waals surface area (Å²) in [4.78, 5) is 10.6. The summed E-state index contributed by atoms with van der Waals surface area (Å²) in [7, 11) is 0. The first-order chi connectivity index (χ1) is 5.02. The molecule has 0 atom stereocenters. The second-order valence-corrected chi connectivity index (χ2v) is 3.33. The molecule has 11 heavy (non-hydrogen) atoms. The van der Waals surface area contributed by atoms with E-state index in [9.17, 15) is 4.79 Å². The largest absolute Gasteiger partial charge is 0.462 e. The van der Waals surface area contributed by atoms with E-state index in [-0.39, 0.29) is 11.4 Å². The molecule has 2 nitrogen and oxygen atoms in total. The first-order valence-corrected chi connectivity index (χ1v) is 3.81. The lowest BCUT2D eigenvalue weighted by Gasteiger charge is -2.21. The van der Waals surface area contributed by atoms with Crippen LogP contribution in [0.3, 0.4) is 0 Å². The van der Waals surface area contributed by atoms with E-state index in [1.807, 2.05) is 0 Å². The smallest absolute Gasteiger partial charge is 0.330 e. The van der Waals surface area contributed by atoms with Gasteiger partial charge >= 0.3 is 5.97 Å². The summed E-state index contributed by atoms with van der Waals surface area (Å²) < 4.78 is 4.89. The lowest BCUT2D eigenvalue weighted by atomic mass is 9.92. The third kappa shape index (κ3) is 4.59. The lowest BCUT2D eigenvalue weighted by molar-refractivity contribution is -0.140. The van der Waals surface area contributed by atoms with Crippen molar-refractivity contribution in [2.24, 2.45) is 5.41 Å². The molecule has 0 amide bonds. The molecule has 0 spiro atoms. The monoisotopic (exact) mass is 156 g/mol. The van der Waals surface area contributed by atoms with E-state index in [1.165, 1.54) is 6.08 Å². The highest BCUT2D eigenvalue weighted by Gasteiger charge is 2.16. The Labute approximate surface area is 68.2 Å². The van der Waals surface area contributed by atoms with Gasteiger partial charge in [-0.1, -0.05) is 27.4 Å². The highest BCUT2D eigenvalue weighted by molar-refractivity contribution is 5.81. The third-order valence-electron chi connectivity index (χ3n) is 1.73. The summed E-state index contributed by atoms with van der Waals surface area (Å²) in [6.45, 7) is 9.97. The summed E-state index contributed by atoms with van der Waals surface area (Å²) in [6, 6.07) is 0. The average Bonchev–Trinajstić information content (AvgIpc) is 2.00.